The summed E-state index contributed by atoms with van der Waals surface area (Å²) in [6, 6.07) is 13.6. The van der Waals surface area contributed by atoms with Gasteiger partial charge in [-0.1, -0.05) is 24.3 Å². The van der Waals surface area contributed by atoms with Gasteiger partial charge in [0.1, 0.15) is 13.2 Å². The zero-order valence-corrected chi connectivity index (χ0v) is 20.0. The van der Waals surface area contributed by atoms with Gasteiger partial charge >= 0.3 is 0 Å². The van der Waals surface area contributed by atoms with Crippen molar-refractivity contribution in [1.29, 1.82) is 0 Å². The van der Waals surface area contributed by atoms with Crippen LogP contribution in [0, 0.1) is 11.8 Å². The van der Waals surface area contributed by atoms with E-state index in [1.54, 1.807) is 0 Å². The monoisotopic (exact) mass is 485 g/mol. The molecule has 2 heterocycles. The third-order valence-corrected chi connectivity index (χ3v) is 6.99. The summed E-state index contributed by atoms with van der Waals surface area (Å²) in [4.78, 5) is 25.4. The first-order chi connectivity index (χ1) is 16.2. The number of benzene rings is 2. The Labute approximate surface area is 206 Å². The highest BCUT2D eigenvalue weighted by atomic mass is 35.5. The van der Waals surface area contributed by atoms with E-state index in [1.165, 1.54) is 11.1 Å². The van der Waals surface area contributed by atoms with Crippen molar-refractivity contribution in [1.82, 2.24) is 10.6 Å². The Morgan fingerprint density at radius 2 is 1.65 bits per heavy atom. The number of anilines is 1. The van der Waals surface area contributed by atoms with E-state index in [0.29, 0.717) is 31.4 Å². The molecule has 0 bridgehead atoms. The van der Waals surface area contributed by atoms with E-state index in [9.17, 15) is 9.59 Å². The maximum absolute atomic E-state index is 12.8. The summed E-state index contributed by atoms with van der Waals surface area (Å²) in [6.07, 6.45) is 4.30. The van der Waals surface area contributed by atoms with E-state index >= 15 is 0 Å². The Hall–Kier alpha value is -2.77. The van der Waals surface area contributed by atoms with Crippen LogP contribution < -0.4 is 25.4 Å². The first kappa shape index (κ1) is 24.4. The molecule has 2 aromatic carbocycles. The van der Waals surface area contributed by atoms with Crippen molar-refractivity contribution in [3.63, 3.8) is 0 Å². The van der Waals surface area contributed by atoms with E-state index in [-0.39, 0.29) is 36.2 Å². The molecule has 0 saturated heterocycles. The Morgan fingerprint density at radius 1 is 0.912 bits per heavy atom. The number of rotatable bonds is 5. The second kappa shape index (κ2) is 11.1. The van der Waals surface area contributed by atoms with E-state index in [4.69, 9.17) is 9.47 Å². The lowest BCUT2D eigenvalue weighted by molar-refractivity contribution is -0.124. The van der Waals surface area contributed by atoms with Crippen LogP contribution in [0.3, 0.4) is 0 Å². The molecular weight excluding hydrogens is 454 g/mol. The summed E-state index contributed by atoms with van der Waals surface area (Å²) >= 11 is 0. The lowest BCUT2D eigenvalue weighted by atomic mass is 9.81. The van der Waals surface area contributed by atoms with Crippen LogP contribution in [-0.2, 0) is 22.6 Å². The van der Waals surface area contributed by atoms with Crippen molar-refractivity contribution >= 4 is 29.9 Å². The fourth-order valence-corrected chi connectivity index (χ4v) is 5.00. The lowest BCUT2D eigenvalue weighted by Gasteiger charge is -2.29. The fraction of sp³-hybridized carbons (Fsp3) is 0.462. The van der Waals surface area contributed by atoms with Crippen LogP contribution in [0.4, 0.5) is 5.69 Å². The molecule has 2 aliphatic heterocycles. The van der Waals surface area contributed by atoms with Crippen LogP contribution in [0.25, 0.3) is 0 Å². The predicted molar refractivity (Wildman–Crippen MR) is 133 cm³/mol. The lowest BCUT2D eigenvalue weighted by Crippen LogP contribution is -2.48. The highest BCUT2D eigenvalue weighted by Crippen LogP contribution is 2.34. The van der Waals surface area contributed by atoms with Crippen molar-refractivity contribution in [2.75, 3.05) is 25.1 Å². The Morgan fingerprint density at radius 3 is 2.44 bits per heavy atom. The van der Waals surface area contributed by atoms with Crippen LogP contribution in [0.5, 0.6) is 11.5 Å². The summed E-state index contributed by atoms with van der Waals surface area (Å²) in [5, 5.41) is 9.51. The van der Waals surface area contributed by atoms with Crippen molar-refractivity contribution in [2.45, 2.75) is 44.7 Å². The van der Waals surface area contributed by atoms with Gasteiger partial charge in [-0.25, -0.2) is 0 Å². The number of hydrogen-bond acceptors (Lipinski definition) is 5. The van der Waals surface area contributed by atoms with Crippen LogP contribution in [0.2, 0.25) is 0 Å². The minimum Gasteiger partial charge on any atom is -0.486 e. The molecule has 0 radical (unpaired) electrons. The number of amides is 2. The van der Waals surface area contributed by atoms with Gasteiger partial charge in [0.25, 0.3) is 0 Å². The summed E-state index contributed by atoms with van der Waals surface area (Å²) in [5.41, 5.74) is 3.26. The Kier molecular flexibility index (Phi) is 7.95. The molecule has 2 aromatic rings. The Balaban J connectivity index is 0.00000274. The smallest absolute Gasteiger partial charge is 0.237 e. The second-order valence-electron chi connectivity index (χ2n) is 9.22. The SMILES string of the molecule is Cl.O=C(Nc1ccc2c(c1)OCCO2)C1CCC(CNC(=O)C2Cc3ccccc3CN2)CC1. The number of hydrogen-bond donors (Lipinski definition) is 3. The van der Waals surface area contributed by atoms with Gasteiger partial charge < -0.3 is 25.4 Å². The third-order valence-electron chi connectivity index (χ3n) is 6.99. The maximum atomic E-state index is 12.8. The van der Waals surface area contributed by atoms with Crippen LogP contribution in [0.1, 0.15) is 36.8 Å². The Bertz CT molecular complexity index is 1020. The molecule has 3 aliphatic rings. The number of nitrogens with one attached hydrogen (secondary N) is 3. The zero-order chi connectivity index (χ0) is 22.6. The average molecular weight is 486 g/mol. The molecule has 0 aromatic heterocycles. The maximum Gasteiger partial charge on any atom is 0.237 e. The number of halogens is 1. The number of ether oxygens (including phenoxy) is 2. The summed E-state index contributed by atoms with van der Waals surface area (Å²) in [7, 11) is 0. The van der Waals surface area contributed by atoms with Gasteiger partial charge in [0.05, 0.1) is 6.04 Å². The molecule has 3 N–H and O–H groups in total. The largest absolute Gasteiger partial charge is 0.486 e. The van der Waals surface area contributed by atoms with Gasteiger partial charge in [-0.15, -0.1) is 12.4 Å². The normalized spacial score (nSPS) is 23.1. The molecular formula is C26H32ClN3O4. The van der Waals surface area contributed by atoms with Crippen LogP contribution in [0.15, 0.2) is 42.5 Å². The average Bonchev–Trinajstić information content (AvgIpc) is 2.87. The van der Waals surface area contributed by atoms with Gasteiger partial charge in [-0.2, -0.15) is 0 Å². The molecule has 182 valence electrons. The predicted octanol–water partition coefficient (Wildman–Crippen LogP) is 3.46. The van der Waals surface area contributed by atoms with Gasteiger partial charge in [-0.05, 0) is 61.3 Å². The molecule has 1 aliphatic carbocycles. The molecule has 5 rings (SSSR count). The van der Waals surface area contributed by atoms with Crippen LogP contribution in [-0.4, -0.2) is 37.6 Å². The first-order valence-electron chi connectivity index (χ1n) is 11.9. The van der Waals surface area contributed by atoms with E-state index in [2.05, 4.69) is 28.1 Å². The van der Waals surface area contributed by atoms with Gasteiger partial charge in [-0.3, -0.25) is 9.59 Å². The molecule has 0 spiro atoms. The summed E-state index contributed by atoms with van der Waals surface area (Å²) in [5.74, 6) is 1.94. The molecule has 8 heteroatoms. The number of carbonyl (C=O) groups is 2. The van der Waals surface area contributed by atoms with Crippen molar-refractivity contribution in [2.24, 2.45) is 11.8 Å². The summed E-state index contributed by atoms with van der Waals surface area (Å²) < 4.78 is 11.1. The molecule has 34 heavy (non-hydrogen) atoms. The molecule has 1 fully saturated rings. The number of carbonyl (C=O) groups excluding carboxylic acids is 2. The number of fused-ring (bicyclic) bond motifs is 2. The topological polar surface area (TPSA) is 88.7 Å². The minimum atomic E-state index is -0.173. The van der Waals surface area contributed by atoms with E-state index < -0.39 is 0 Å². The second-order valence-corrected chi connectivity index (χ2v) is 9.22. The highest BCUT2D eigenvalue weighted by molar-refractivity contribution is 5.93. The molecule has 1 saturated carbocycles. The van der Waals surface area contributed by atoms with Crippen LogP contribution >= 0.6 is 12.4 Å². The van der Waals surface area contributed by atoms with Crippen molar-refractivity contribution < 1.29 is 19.1 Å². The highest BCUT2D eigenvalue weighted by Gasteiger charge is 2.28. The zero-order valence-electron chi connectivity index (χ0n) is 19.2. The molecule has 1 atom stereocenters. The quantitative estimate of drug-likeness (QED) is 0.603. The standard InChI is InChI=1S/C26H31N3O4.ClH/c30-25(29-21-9-10-23-24(14-21)33-12-11-32-23)18-7-5-17(6-8-18)15-28-26(31)22-13-19-3-1-2-4-20(19)16-27-22;/h1-4,9-10,14,17-18,22,27H,5-8,11-13,15-16H2,(H,28,31)(H,29,30);1H. The van der Waals surface area contributed by atoms with Crippen molar-refractivity contribution in [3.05, 3.63) is 53.6 Å². The first-order valence-corrected chi connectivity index (χ1v) is 11.9. The molecule has 1 unspecified atom stereocenters. The molecule has 2 amide bonds. The third kappa shape index (κ3) is 5.65. The van der Waals surface area contributed by atoms with Crippen molar-refractivity contribution in [3.8, 4) is 11.5 Å². The minimum absolute atomic E-state index is 0. The van der Waals surface area contributed by atoms with Gasteiger partial charge in [0.2, 0.25) is 11.8 Å². The summed E-state index contributed by atoms with van der Waals surface area (Å²) in [6.45, 7) is 2.48. The van der Waals surface area contributed by atoms with Gasteiger partial charge in [0.15, 0.2) is 11.5 Å². The van der Waals surface area contributed by atoms with E-state index in [1.807, 2.05) is 30.3 Å². The fourth-order valence-electron chi connectivity index (χ4n) is 5.00. The van der Waals surface area contributed by atoms with Gasteiger partial charge in [0, 0.05) is 30.8 Å². The van der Waals surface area contributed by atoms with E-state index in [0.717, 1.165) is 50.1 Å². The molecule has 7 nitrogen and oxygen atoms in total.